The highest BCUT2D eigenvalue weighted by molar-refractivity contribution is 6.01. The summed E-state index contributed by atoms with van der Waals surface area (Å²) in [6, 6.07) is 5.78. The van der Waals surface area contributed by atoms with Crippen molar-refractivity contribution in [3.63, 3.8) is 0 Å². The molecule has 1 saturated heterocycles. The maximum Gasteiger partial charge on any atom is 0.253 e. The van der Waals surface area contributed by atoms with Gasteiger partial charge in [0.05, 0.1) is 24.4 Å². The van der Waals surface area contributed by atoms with Crippen molar-refractivity contribution in [1.29, 1.82) is 0 Å². The van der Waals surface area contributed by atoms with Crippen LogP contribution in [0.15, 0.2) is 24.4 Å². The molecule has 9 nitrogen and oxygen atoms in total. The van der Waals surface area contributed by atoms with Gasteiger partial charge in [0.25, 0.3) is 5.91 Å². The van der Waals surface area contributed by atoms with Crippen LogP contribution in [0.5, 0.6) is 5.75 Å². The van der Waals surface area contributed by atoms with Gasteiger partial charge < -0.3 is 24.8 Å². The third kappa shape index (κ3) is 4.47. The van der Waals surface area contributed by atoms with Gasteiger partial charge in [-0.25, -0.2) is 4.98 Å². The molecule has 1 N–H and O–H groups in total. The summed E-state index contributed by atoms with van der Waals surface area (Å²) in [5.41, 5.74) is 1.48. The first-order chi connectivity index (χ1) is 17.3. The number of methoxy groups -OCH3 is 1. The first kappa shape index (κ1) is 24.3. The quantitative estimate of drug-likeness (QED) is 0.668. The van der Waals surface area contributed by atoms with Crippen molar-refractivity contribution in [2.24, 2.45) is 5.41 Å². The normalized spacial score (nSPS) is 19.9. The van der Waals surface area contributed by atoms with Gasteiger partial charge in [-0.15, -0.1) is 0 Å². The lowest BCUT2D eigenvalue weighted by Gasteiger charge is -2.34. The van der Waals surface area contributed by atoms with Crippen LogP contribution in [0.25, 0.3) is 0 Å². The summed E-state index contributed by atoms with van der Waals surface area (Å²) in [5.74, 6) is 1.85. The molecular formula is C27H36N6O3. The van der Waals surface area contributed by atoms with Gasteiger partial charge in [0, 0.05) is 38.3 Å². The predicted octanol–water partition coefficient (Wildman–Crippen LogP) is 4.22. The van der Waals surface area contributed by atoms with E-state index < -0.39 is 5.41 Å². The van der Waals surface area contributed by atoms with E-state index in [-0.39, 0.29) is 11.8 Å². The van der Waals surface area contributed by atoms with Gasteiger partial charge in [0.1, 0.15) is 11.4 Å². The number of anilines is 4. The van der Waals surface area contributed by atoms with E-state index in [1.165, 1.54) is 12.8 Å². The van der Waals surface area contributed by atoms with E-state index in [4.69, 9.17) is 9.72 Å². The number of nitrogens with zero attached hydrogens (tertiary/aromatic N) is 5. The number of benzene rings is 1. The third-order valence-corrected chi connectivity index (χ3v) is 7.69. The zero-order valence-corrected chi connectivity index (χ0v) is 21.7. The second-order valence-electron chi connectivity index (χ2n) is 10.8. The molecule has 3 heterocycles. The Bertz CT molecular complexity index is 1150. The summed E-state index contributed by atoms with van der Waals surface area (Å²) in [6.07, 6.45) is 8.40. The highest BCUT2D eigenvalue weighted by Crippen LogP contribution is 2.40. The first-order valence-corrected chi connectivity index (χ1v) is 12.9. The van der Waals surface area contributed by atoms with Gasteiger partial charge >= 0.3 is 0 Å². The fourth-order valence-corrected chi connectivity index (χ4v) is 5.68. The van der Waals surface area contributed by atoms with Crippen LogP contribution < -0.4 is 19.9 Å². The third-order valence-electron chi connectivity index (χ3n) is 7.69. The Morgan fingerprint density at radius 1 is 1.14 bits per heavy atom. The molecule has 36 heavy (non-hydrogen) atoms. The number of hydrogen-bond acceptors (Lipinski definition) is 7. The Hall–Kier alpha value is -3.36. The van der Waals surface area contributed by atoms with Crippen LogP contribution >= 0.6 is 0 Å². The molecule has 1 aromatic carbocycles. The van der Waals surface area contributed by atoms with Crippen LogP contribution in [-0.2, 0) is 4.79 Å². The van der Waals surface area contributed by atoms with Crippen LogP contribution in [0.1, 0.15) is 62.7 Å². The number of likely N-dealkylation sites (tertiary alicyclic amines) is 1. The van der Waals surface area contributed by atoms with Crippen molar-refractivity contribution in [1.82, 2.24) is 14.9 Å². The molecule has 9 heteroatoms. The largest absolute Gasteiger partial charge is 0.495 e. The van der Waals surface area contributed by atoms with Crippen LogP contribution in [0.3, 0.4) is 0 Å². The summed E-state index contributed by atoms with van der Waals surface area (Å²) in [5, 5.41) is 3.29. The lowest BCUT2D eigenvalue weighted by molar-refractivity contribution is -0.125. The van der Waals surface area contributed by atoms with Crippen LogP contribution in [-0.4, -0.2) is 66.5 Å². The van der Waals surface area contributed by atoms with E-state index in [1.54, 1.807) is 31.3 Å². The second kappa shape index (κ2) is 9.59. The van der Waals surface area contributed by atoms with Gasteiger partial charge in [-0.05, 0) is 57.7 Å². The molecule has 2 aromatic rings. The molecule has 2 fully saturated rings. The predicted molar refractivity (Wildman–Crippen MR) is 140 cm³/mol. The van der Waals surface area contributed by atoms with Gasteiger partial charge in [0.15, 0.2) is 5.82 Å². The number of nitrogens with one attached hydrogen (secondary N) is 1. The Labute approximate surface area is 212 Å². The highest BCUT2D eigenvalue weighted by Gasteiger charge is 2.41. The van der Waals surface area contributed by atoms with E-state index in [2.05, 4.69) is 15.2 Å². The molecule has 1 aliphatic carbocycles. The van der Waals surface area contributed by atoms with Crippen LogP contribution in [0.4, 0.5) is 23.1 Å². The lowest BCUT2D eigenvalue weighted by atomic mass is 9.91. The minimum absolute atomic E-state index is 0.0288. The van der Waals surface area contributed by atoms with Crippen LogP contribution in [0, 0.1) is 5.41 Å². The van der Waals surface area contributed by atoms with Crippen molar-refractivity contribution in [3.8, 4) is 5.75 Å². The monoisotopic (exact) mass is 492 g/mol. The zero-order chi connectivity index (χ0) is 25.4. The number of ether oxygens (including phenoxy) is 1. The smallest absolute Gasteiger partial charge is 0.253 e. The van der Waals surface area contributed by atoms with E-state index in [9.17, 15) is 9.59 Å². The van der Waals surface area contributed by atoms with Crippen LogP contribution in [0.2, 0.25) is 0 Å². The summed E-state index contributed by atoms with van der Waals surface area (Å²) >= 11 is 0. The standard InChI is InChI=1S/C27H36N6O3/c1-27(2)17-33(19-9-5-6-10-19)23-21(31(3)25(27)35)16-28-26(30-23)29-20-12-11-18(15-22(20)36-4)24(34)32-13-7-8-14-32/h11-12,15-16,19H,5-10,13-14,17H2,1-4H3,(H,28,29,30). The van der Waals surface area contributed by atoms with Crippen molar-refractivity contribution in [3.05, 3.63) is 30.0 Å². The number of carbonyl (C=O) groups excluding carboxylic acids is 2. The zero-order valence-electron chi connectivity index (χ0n) is 21.7. The molecule has 1 saturated carbocycles. The van der Waals surface area contributed by atoms with E-state index in [0.29, 0.717) is 35.5 Å². The van der Waals surface area contributed by atoms with Gasteiger partial charge in [0.2, 0.25) is 11.9 Å². The second-order valence-corrected chi connectivity index (χ2v) is 10.8. The Morgan fingerprint density at radius 3 is 2.56 bits per heavy atom. The highest BCUT2D eigenvalue weighted by atomic mass is 16.5. The molecule has 2 amide bonds. The molecule has 0 bridgehead atoms. The summed E-state index contributed by atoms with van der Waals surface area (Å²) in [4.78, 5) is 41.4. The molecule has 1 aromatic heterocycles. The molecule has 192 valence electrons. The van der Waals surface area contributed by atoms with Gasteiger partial charge in [-0.1, -0.05) is 12.8 Å². The average Bonchev–Trinajstić information content (AvgIpc) is 3.60. The lowest BCUT2D eigenvalue weighted by Crippen LogP contribution is -2.45. The summed E-state index contributed by atoms with van der Waals surface area (Å²) in [6.45, 7) is 6.22. The minimum Gasteiger partial charge on any atom is -0.495 e. The number of amides is 2. The Kier molecular flexibility index (Phi) is 6.49. The maximum absolute atomic E-state index is 13.2. The van der Waals surface area contributed by atoms with Crippen molar-refractivity contribution in [2.75, 3.05) is 48.9 Å². The molecule has 5 rings (SSSR count). The Morgan fingerprint density at radius 2 is 1.86 bits per heavy atom. The molecule has 0 spiro atoms. The summed E-state index contributed by atoms with van der Waals surface area (Å²) in [7, 11) is 3.39. The van der Waals surface area contributed by atoms with E-state index >= 15 is 0 Å². The topological polar surface area (TPSA) is 90.9 Å². The fraction of sp³-hybridized carbons (Fsp3) is 0.556. The number of aromatic nitrogens is 2. The van der Waals surface area contributed by atoms with Crippen molar-refractivity contribution < 1.29 is 14.3 Å². The molecule has 2 aliphatic heterocycles. The Balaban J connectivity index is 1.46. The molecule has 0 radical (unpaired) electrons. The van der Waals surface area contributed by atoms with Gasteiger partial charge in [-0.2, -0.15) is 4.98 Å². The number of rotatable bonds is 5. The molecule has 3 aliphatic rings. The molecular weight excluding hydrogens is 456 g/mol. The van der Waals surface area contributed by atoms with Crippen molar-refractivity contribution in [2.45, 2.75) is 58.4 Å². The number of carbonyl (C=O) groups is 2. The van der Waals surface area contributed by atoms with Gasteiger partial charge in [-0.3, -0.25) is 9.59 Å². The van der Waals surface area contributed by atoms with Crippen molar-refractivity contribution >= 4 is 35.0 Å². The van der Waals surface area contributed by atoms with E-state index in [0.717, 1.165) is 50.3 Å². The molecule has 0 atom stereocenters. The first-order valence-electron chi connectivity index (χ1n) is 12.9. The maximum atomic E-state index is 13.2. The SMILES string of the molecule is COc1cc(C(=O)N2CCCC2)ccc1Nc1ncc2c(n1)N(C1CCCC1)CC(C)(C)C(=O)N2C. The average molecular weight is 493 g/mol. The van der Waals surface area contributed by atoms with E-state index in [1.807, 2.05) is 30.9 Å². The molecule has 0 unspecified atom stereocenters. The number of hydrogen-bond donors (Lipinski definition) is 1. The summed E-state index contributed by atoms with van der Waals surface area (Å²) < 4.78 is 5.61. The minimum atomic E-state index is -0.535. The number of fused-ring (bicyclic) bond motifs is 1. The fourth-order valence-electron chi connectivity index (χ4n) is 5.68.